The number of nitrogens with zero attached hydrogens (tertiary/aromatic N) is 1. The van der Waals surface area contributed by atoms with E-state index in [0.717, 1.165) is 0 Å². The van der Waals surface area contributed by atoms with Gasteiger partial charge < -0.3 is 15.2 Å². The van der Waals surface area contributed by atoms with Crippen molar-refractivity contribution in [2.45, 2.75) is 32.1 Å². The number of nitriles is 1. The van der Waals surface area contributed by atoms with E-state index < -0.39 is 29.3 Å². The molecule has 33 heavy (non-hydrogen) atoms. The molecule has 2 N–H and O–H groups in total. The number of aliphatic hydroxyl groups is 1. The fourth-order valence-electron chi connectivity index (χ4n) is 4.35. The Kier molecular flexibility index (Phi) is 6.28. The standard InChI is InChI=1S/C27H25FN2O3/c1-17(2)33-16-27(15-29)24(30-26(32)18-8-4-3-5-9-18)23-14-19(28)12-13-21(23)20-10-6-7-11-22(20)25(27)31/h3-14,17,24-25,31H,16H2,1-2H3,(H,30,32)/t24-,25-,27-/m1/s1. The van der Waals surface area contributed by atoms with E-state index in [1.165, 1.54) is 12.1 Å². The second-order valence-corrected chi connectivity index (χ2v) is 8.51. The van der Waals surface area contributed by atoms with Crippen molar-refractivity contribution in [1.29, 1.82) is 5.26 Å². The van der Waals surface area contributed by atoms with Gasteiger partial charge in [0.2, 0.25) is 0 Å². The highest BCUT2D eigenvalue weighted by molar-refractivity contribution is 5.94. The topological polar surface area (TPSA) is 82.3 Å². The Hall–Kier alpha value is -3.53. The number of nitrogens with one attached hydrogen (secondary N) is 1. The van der Waals surface area contributed by atoms with Crippen LogP contribution in [-0.2, 0) is 4.74 Å². The van der Waals surface area contributed by atoms with Gasteiger partial charge in [-0.15, -0.1) is 0 Å². The summed E-state index contributed by atoms with van der Waals surface area (Å²) in [6.45, 7) is 3.49. The molecule has 0 bridgehead atoms. The van der Waals surface area contributed by atoms with Gasteiger partial charge in [-0.3, -0.25) is 4.79 Å². The van der Waals surface area contributed by atoms with Crippen LogP contribution in [0, 0.1) is 22.6 Å². The third kappa shape index (κ3) is 4.13. The fourth-order valence-corrected chi connectivity index (χ4v) is 4.35. The van der Waals surface area contributed by atoms with Crippen LogP contribution in [0.15, 0.2) is 72.8 Å². The van der Waals surface area contributed by atoms with Crippen molar-refractivity contribution in [2.24, 2.45) is 5.41 Å². The molecule has 0 radical (unpaired) electrons. The summed E-state index contributed by atoms with van der Waals surface area (Å²) in [6.07, 6.45) is -1.52. The molecule has 3 aromatic carbocycles. The van der Waals surface area contributed by atoms with Crippen LogP contribution in [0.2, 0.25) is 0 Å². The molecule has 1 amide bonds. The Morgan fingerprint density at radius 3 is 2.45 bits per heavy atom. The maximum Gasteiger partial charge on any atom is 0.251 e. The Balaban J connectivity index is 1.95. The highest BCUT2D eigenvalue weighted by Crippen LogP contribution is 2.52. The molecular weight excluding hydrogens is 419 g/mol. The average Bonchev–Trinajstić information content (AvgIpc) is 2.91. The second-order valence-electron chi connectivity index (χ2n) is 8.51. The number of carbonyl (C=O) groups excluding carboxylic acids is 1. The Bertz CT molecular complexity index is 1210. The number of hydrogen-bond donors (Lipinski definition) is 2. The third-order valence-corrected chi connectivity index (χ3v) is 6.05. The highest BCUT2D eigenvalue weighted by atomic mass is 19.1. The van der Waals surface area contributed by atoms with Gasteiger partial charge in [0.15, 0.2) is 0 Å². The molecule has 0 aliphatic heterocycles. The van der Waals surface area contributed by atoms with Crippen LogP contribution in [0.4, 0.5) is 4.39 Å². The minimum atomic E-state index is -1.61. The normalized spacial score (nSPS) is 21.5. The van der Waals surface area contributed by atoms with Crippen LogP contribution >= 0.6 is 0 Å². The third-order valence-electron chi connectivity index (χ3n) is 6.05. The van der Waals surface area contributed by atoms with Crippen LogP contribution in [0.5, 0.6) is 0 Å². The maximum atomic E-state index is 14.5. The van der Waals surface area contributed by atoms with E-state index in [1.807, 2.05) is 26.0 Å². The maximum absolute atomic E-state index is 14.5. The lowest BCUT2D eigenvalue weighted by atomic mass is 9.73. The molecule has 6 heteroatoms. The number of ether oxygens (including phenoxy) is 1. The van der Waals surface area contributed by atoms with Crippen molar-refractivity contribution in [3.05, 3.63) is 95.3 Å². The number of hydrogen-bond acceptors (Lipinski definition) is 4. The van der Waals surface area contributed by atoms with Gasteiger partial charge in [0.05, 0.1) is 24.8 Å². The molecule has 0 aromatic heterocycles. The molecule has 168 valence electrons. The molecule has 0 spiro atoms. The first kappa shape index (κ1) is 22.7. The van der Waals surface area contributed by atoms with Crippen LogP contribution in [-0.4, -0.2) is 23.7 Å². The highest BCUT2D eigenvalue weighted by Gasteiger charge is 2.51. The zero-order chi connectivity index (χ0) is 23.6. The lowest BCUT2D eigenvalue weighted by molar-refractivity contribution is -0.0502. The van der Waals surface area contributed by atoms with Gasteiger partial charge in [-0.2, -0.15) is 5.26 Å². The number of aliphatic hydroxyl groups excluding tert-OH is 1. The molecule has 5 nitrogen and oxygen atoms in total. The van der Waals surface area contributed by atoms with Crippen molar-refractivity contribution in [2.75, 3.05) is 6.61 Å². The molecule has 1 aliphatic rings. The molecule has 0 saturated heterocycles. The van der Waals surface area contributed by atoms with Gasteiger partial charge in [0, 0.05) is 5.56 Å². The van der Waals surface area contributed by atoms with Crippen molar-refractivity contribution < 1.29 is 19.0 Å². The summed E-state index contributed by atoms with van der Waals surface area (Å²) in [5.74, 6) is -0.934. The van der Waals surface area contributed by atoms with E-state index in [2.05, 4.69) is 11.4 Å². The average molecular weight is 445 g/mol. The predicted molar refractivity (Wildman–Crippen MR) is 123 cm³/mol. The van der Waals surface area contributed by atoms with Crippen molar-refractivity contribution in [3.63, 3.8) is 0 Å². The number of rotatable bonds is 5. The summed E-state index contributed by atoms with van der Waals surface area (Å²) in [5.41, 5.74) is 1.05. The van der Waals surface area contributed by atoms with Crippen LogP contribution in [0.1, 0.15) is 47.5 Å². The van der Waals surface area contributed by atoms with Crippen LogP contribution in [0.3, 0.4) is 0 Å². The summed E-state index contributed by atoms with van der Waals surface area (Å²) in [6, 6.07) is 21.2. The number of carbonyl (C=O) groups is 1. The Labute approximate surface area is 192 Å². The zero-order valence-corrected chi connectivity index (χ0v) is 18.5. The summed E-state index contributed by atoms with van der Waals surface area (Å²) < 4.78 is 20.4. The van der Waals surface area contributed by atoms with Gasteiger partial charge in [0.25, 0.3) is 5.91 Å². The SMILES string of the molecule is CC(C)OC[C@@]1(C#N)[C@H](O)c2ccccc2-c2ccc(F)cc2[C@H]1NC(=O)c1ccccc1. The molecule has 1 aliphatic carbocycles. The van der Waals surface area contributed by atoms with Gasteiger partial charge in [0.1, 0.15) is 17.3 Å². The summed E-state index contributed by atoms with van der Waals surface area (Å²) in [7, 11) is 0. The van der Waals surface area contributed by atoms with Crippen LogP contribution < -0.4 is 5.32 Å². The summed E-state index contributed by atoms with van der Waals surface area (Å²) in [4.78, 5) is 13.2. The monoisotopic (exact) mass is 444 g/mol. The molecular formula is C27H25FN2O3. The molecule has 0 fully saturated rings. The number of benzene rings is 3. The smallest absolute Gasteiger partial charge is 0.251 e. The largest absolute Gasteiger partial charge is 0.387 e. The van der Waals surface area contributed by atoms with E-state index in [4.69, 9.17) is 4.74 Å². The quantitative estimate of drug-likeness (QED) is 0.584. The van der Waals surface area contributed by atoms with Crippen molar-refractivity contribution >= 4 is 5.91 Å². The lowest BCUT2D eigenvalue weighted by Crippen LogP contribution is -2.46. The van der Waals surface area contributed by atoms with Gasteiger partial charge in [-0.25, -0.2) is 4.39 Å². The fraction of sp³-hybridized carbons (Fsp3) is 0.259. The predicted octanol–water partition coefficient (Wildman–Crippen LogP) is 4.95. The number of amides is 1. The van der Waals surface area contributed by atoms with Crippen LogP contribution in [0.25, 0.3) is 11.1 Å². The van der Waals surface area contributed by atoms with E-state index in [9.17, 15) is 19.6 Å². The number of fused-ring (bicyclic) bond motifs is 3. The van der Waals surface area contributed by atoms with E-state index in [0.29, 0.717) is 27.8 Å². The summed E-state index contributed by atoms with van der Waals surface area (Å²) in [5, 5.41) is 25.0. The molecule has 0 saturated carbocycles. The van der Waals surface area contributed by atoms with Crippen molar-refractivity contribution in [3.8, 4) is 17.2 Å². The molecule has 0 unspecified atom stereocenters. The Morgan fingerprint density at radius 2 is 1.76 bits per heavy atom. The minimum Gasteiger partial charge on any atom is -0.387 e. The molecule has 3 aromatic rings. The van der Waals surface area contributed by atoms with Gasteiger partial charge in [-0.05, 0) is 60.4 Å². The molecule has 4 rings (SSSR count). The first-order valence-corrected chi connectivity index (χ1v) is 10.8. The van der Waals surface area contributed by atoms with E-state index in [-0.39, 0.29) is 12.7 Å². The zero-order valence-electron chi connectivity index (χ0n) is 18.5. The molecule has 0 heterocycles. The number of halogens is 1. The minimum absolute atomic E-state index is 0.160. The Morgan fingerprint density at radius 1 is 1.09 bits per heavy atom. The first-order chi connectivity index (χ1) is 15.9. The van der Waals surface area contributed by atoms with E-state index >= 15 is 0 Å². The van der Waals surface area contributed by atoms with Gasteiger partial charge >= 0.3 is 0 Å². The van der Waals surface area contributed by atoms with Gasteiger partial charge in [-0.1, -0.05) is 48.5 Å². The summed E-state index contributed by atoms with van der Waals surface area (Å²) >= 11 is 0. The van der Waals surface area contributed by atoms with E-state index in [1.54, 1.807) is 48.5 Å². The lowest BCUT2D eigenvalue weighted by Gasteiger charge is -2.38. The first-order valence-electron chi connectivity index (χ1n) is 10.8. The molecule has 3 atom stereocenters. The second kappa shape index (κ2) is 9.14. The van der Waals surface area contributed by atoms with Crippen molar-refractivity contribution in [1.82, 2.24) is 5.32 Å².